The average molecular weight is 450 g/mol. The Hall–Kier alpha value is -2.29. The highest BCUT2D eigenvalue weighted by Crippen LogP contribution is 2.38. The molecule has 6 nitrogen and oxygen atoms in total. The average Bonchev–Trinajstić information content (AvgIpc) is 3.35. The molecule has 2 N–H and O–H groups in total. The molecule has 152 valence electrons. The van der Waals surface area contributed by atoms with Crippen molar-refractivity contribution in [3.8, 4) is 22.1 Å². The van der Waals surface area contributed by atoms with Gasteiger partial charge >= 0.3 is 6.03 Å². The molecule has 0 fully saturated rings. The van der Waals surface area contributed by atoms with E-state index < -0.39 is 0 Å². The minimum Gasteiger partial charge on any atom is -0.486 e. The quantitative estimate of drug-likeness (QED) is 0.574. The molecule has 0 spiro atoms. The van der Waals surface area contributed by atoms with E-state index >= 15 is 0 Å². The summed E-state index contributed by atoms with van der Waals surface area (Å²) < 4.78 is 11.1. The van der Waals surface area contributed by atoms with Crippen LogP contribution in [0, 0.1) is 6.92 Å². The maximum atomic E-state index is 12.1. The van der Waals surface area contributed by atoms with Gasteiger partial charge < -0.3 is 20.1 Å². The van der Waals surface area contributed by atoms with Gasteiger partial charge in [0.25, 0.3) is 0 Å². The molecule has 1 aromatic carbocycles. The number of nitrogens with zero attached hydrogens (tertiary/aromatic N) is 1. The third-order valence-electron chi connectivity index (χ3n) is 4.30. The van der Waals surface area contributed by atoms with Gasteiger partial charge in [0.1, 0.15) is 13.2 Å². The molecule has 3 aromatic rings. The molecule has 4 rings (SSSR count). The van der Waals surface area contributed by atoms with E-state index in [4.69, 9.17) is 21.1 Å². The highest BCUT2D eigenvalue weighted by molar-refractivity contribution is 7.16. The molecule has 2 amide bonds. The molecule has 9 heteroatoms. The molecular weight excluding hydrogens is 430 g/mol. The standard InChI is InChI=1S/C20H20ClN3O3S2/c1-12-24-16(11-28-12)18-3-2-14(29-18)4-5-22-20(25)23-10-13-8-15(21)19-17(9-13)26-6-7-27-19/h2-3,8-9,11H,4-7,10H2,1H3,(H2,22,23,25). The molecule has 29 heavy (non-hydrogen) atoms. The predicted molar refractivity (Wildman–Crippen MR) is 117 cm³/mol. The maximum absolute atomic E-state index is 12.1. The fourth-order valence-corrected chi connectivity index (χ4v) is 4.88. The molecule has 0 bridgehead atoms. The van der Waals surface area contributed by atoms with Gasteiger partial charge in [-0.15, -0.1) is 22.7 Å². The molecular formula is C20H20ClN3O3S2. The Balaban J connectivity index is 1.24. The Bertz CT molecular complexity index is 1020. The van der Waals surface area contributed by atoms with Crippen LogP contribution in [0.15, 0.2) is 29.6 Å². The first-order valence-electron chi connectivity index (χ1n) is 9.19. The first-order chi connectivity index (χ1) is 14.1. The lowest BCUT2D eigenvalue weighted by atomic mass is 10.2. The van der Waals surface area contributed by atoms with Crippen LogP contribution in [0.1, 0.15) is 15.4 Å². The summed E-state index contributed by atoms with van der Waals surface area (Å²) in [4.78, 5) is 19.0. The Morgan fingerprint density at radius 1 is 1.24 bits per heavy atom. The SMILES string of the molecule is Cc1nc(-c2ccc(CCNC(=O)NCc3cc(Cl)c4c(c3)OCCO4)s2)cs1. The fraction of sp³-hybridized carbons (Fsp3) is 0.300. The number of fused-ring (bicyclic) bond motifs is 1. The second-order valence-corrected chi connectivity index (χ2v) is 9.12. The number of urea groups is 1. The first kappa shape index (κ1) is 20.0. The highest BCUT2D eigenvalue weighted by Gasteiger charge is 2.16. The van der Waals surface area contributed by atoms with Gasteiger partial charge in [0.15, 0.2) is 11.5 Å². The van der Waals surface area contributed by atoms with Gasteiger partial charge in [-0.25, -0.2) is 9.78 Å². The number of halogens is 1. The Morgan fingerprint density at radius 2 is 2.10 bits per heavy atom. The number of rotatable bonds is 6. The van der Waals surface area contributed by atoms with Gasteiger partial charge in [-0.1, -0.05) is 11.6 Å². The van der Waals surface area contributed by atoms with Crippen molar-refractivity contribution in [3.63, 3.8) is 0 Å². The van der Waals surface area contributed by atoms with Crippen molar-refractivity contribution in [1.29, 1.82) is 0 Å². The van der Waals surface area contributed by atoms with Gasteiger partial charge in [-0.3, -0.25) is 0 Å². The van der Waals surface area contributed by atoms with Crippen LogP contribution < -0.4 is 20.1 Å². The summed E-state index contributed by atoms with van der Waals surface area (Å²) in [7, 11) is 0. The lowest BCUT2D eigenvalue weighted by molar-refractivity contribution is 0.171. The van der Waals surface area contributed by atoms with Crippen LogP contribution in [0.3, 0.4) is 0 Å². The zero-order valence-electron chi connectivity index (χ0n) is 15.8. The topological polar surface area (TPSA) is 72.5 Å². The summed E-state index contributed by atoms with van der Waals surface area (Å²) in [6, 6.07) is 7.57. The molecule has 0 unspecified atom stereocenters. The Morgan fingerprint density at radius 3 is 2.93 bits per heavy atom. The third kappa shape index (κ3) is 5.01. The number of benzene rings is 1. The number of hydrogen-bond donors (Lipinski definition) is 2. The van der Waals surface area contributed by atoms with Crippen molar-refractivity contribution in [2.45, 2.75) is 19.9 Å². The zero-order chi connectivity index (χ0) is 20.2. The van der Waals surface area contributed by atoms with Crippen molar-refractivity contribution in [3.05, 3.63) is 50.1 Å². The number of thiazole rings is 1. The summed E-state index contributed by atoms with van der Waals surface area (Å²) in [6.45, 7) is 3.90. The van der Waals surface area contributed by atoms with E-state index in [1.54, 1.807) is 28.7 Å². The number of carbonyl (C=O) groups excluding carboxylic acids is 1. The number of aromatic nitrogens is 1. The van der Waals surface area contributed by atoms with E-state index in [0.717, 1.165) is 27.6 Å². The molecule has 0 saturated carbocycles. The molecule has 0 radical (unpaired) electrons. The smallest absolute Gasteiger partial charge is 0.315 e. The van der Waals surface area contributed by atoms with E-state index in [0.29, 0.717) is 42.8 Å². The summed E-state index contributed by atoms with van der Waals surface area (Å²) in [5, 5.41) is 9.35. The largest absolute Gasteiger partial charge is 0.486 e. The maximum Gasteiger partial charge on any atom is 0.315 e. The molecule has 0 aliphatic carbocycles. The minimum atomic E-state index is -0.220. The Labute approximate surface area is 181 Å². The van der Waals surface area contributed by atoms with Crippen LogP contribution >= 0.6 is 34.3 Å². The van der Waals surface area contributed by atoms with Crippen molar-refractivity contribution < 1.29 is 14.3 Å². The monoisotopic (exact) mass is 449 g/mol. The number of ether oxygens (including phenoxy) is 2. The fourth-order valence-electron chi connectivity index (χ4n) is 2.94. The van der Waals surface area contributed by atoms with Crippen LogP contribution in [-0.2, 0) is 13.0 Å². The first-order valence-corrected chi connectivity index (χ1v) is 11.3. The number of thiophene rings is 1. The summed E-state index contributed by atoms with van der Waals surface area (Å²) in [5.41, 5.74) is 1.88. The second kappa shape index (κ2) is 9.02. The van der Waals surface area contributed by atoms with Crippen LogP contribution in [0.2, 0.25) is 5.02 Å². The van der Waals surface area contributed by atoms with Gasteiger partial charge in [-0.05, 0) is 43.2 Å². The molecule has 1 aliphatic rings. The van der Waals surface area contributed by atoms with Crippen LogP contribution in [0.25, 0.3) is 10.6 Å². The minimum absolute atomic E-state index is 0.220. The Kier molecular flexibility index (Phi) is 6.22. The molecule has 0 saturated heterocycles. The lowest BCUT2D eigenvalue weighted by Gasteiger charge is -2.20. The van der Waals surface area contributed by atoms with Gasteiger partial charge in [0.2, 0.25) is 0 Å². The van der Waals surface area contributed by atoms with Crippen LogP contribution in [0.5, 0.6) is 11.5 Å². The molecule has 3 heterocycles. The number of carbonyl (C=O) groups is 1. The number of hydrogen-bond acceptors (Lipinski definition) is 6. The number of nitrogens with one attached hydrogen (secondary N) is 2. The number of aryl methyl sites for hydroxylation is 1. The van der Waals surface area contributed by atoms with Crippen molar-refractivity contribution in [2.24, 2.45) is 0 Å². The summed E-state index contributed by atoms with van der Waals surface area (Å²) >= 11 is 9.58. The van der Waals surface area contributed by atoms with Crippen molar-refractivity contribution in [1.82, 2.24) is 15.6 Å². The predicted octanol–water partition coefficient (Wildman–Crippen LogP) is 4.65. The van der Waals surface area contributed by atoms with E-state index in [1.807, 2.05) is 13.0 Å². The van der Waals surface area contributed by atoms with Gasteiger partial charge in [-0.2, -0.15) is 0 Å². The van der Waals surface area contributed by atoms with Crippen molar-refractivity contribution in [2.75, 3.05) is 19.8 Å². The summed E-state index contributed by atoms with van der Waals surface area (Å²) in [5.74, 6) is 1.18. The van der Waals surface area contributed by atoms with Crippen LogP contribution in [-0.4, -0.2) is 30.8 Å². The van der Waals surface area contributed by atoms with Crippen LogP contribution in [0.4, 0.5) is 4.79 Å². The molecule has 1 aliphatic heterocycles. The number of amides is 2. The van der Waals surface area contributed by atoms with Gasteiger partial charge in [0.05, 0.1) is 20.6 Å². The second-order valence-electron chi connectivity index (χ2n) is 6.48. The lowest BCUT2D eigenvalue weighted by Crippen LogP contribution is -2.36. The molecule has 0 atom stereocenters. The third-order valence-corrected chi connectivity index (χ3v) is 6.52. The summed E-state index contributed by atoms with van der Waals surface area (Å²) in [6.07, 6.45) is 0.775. The van der Waals surface area contributed by atoms with Crippen molar-refractivity contribution >= 4 is 40.3 Å². The highest BCUT2D eigenvalue weighted by atomic mass is 35.5. The zero-order valence-corrected chi connectivity index (χ0v) is 18.2. The van der Waals surface area contributed by atoms with E-state index in [9.17, 15) is 4.79 Å². The van der Waals surface area contributed by atoms with E-state index in [2.05, 4.69) is 33.1 Å². The van der Waals surface area contributed by atoms with E-state index in [1.165, 1.54) is 4.88 Å². The van der Waals surface area contributed by atoms with Gasteiger partial charge in [0, 0.05) is 23.3 Å². The van der Waals surface area contributed by atoms with E-state index in [-0.39, 0.29) is 6.03 Å². The molecule has 2 aromatic heterocycles. The normalized spacial score (nSPS) is 12.6.